The fourth-order valence-electron chi connectivity index (χ4n) is 3.86. The summed E-state index contributed by atoms with van der Waals surface area (Å²) < 4.78 is 19.6. The van der Waals surface area contributed by atoms with E-state index in [1.807, 2.05) is 60.7 Å². The molecule has 0 radical (unpaired) electrons. The second-order valence-corrected chi connectivity index (χ2v) is 7.28. The van der Waals surface area contributed by atoms with Crippen LogP contribution in [0, 0.1) is 5.82 Å². The zero-order chi connectivity index (χ0) is 21.6. The molecule has 0 aromatic heterocycles. The number of rotatable bonds is 6. The van der Waals surface area contributed by atoms with Gasteiger partial charge in [-0.2, -0.15) is 0 Å². The van der Waals surface area contributed by atoms with Crippen molar-refractivity contribution in [1.82, 2.24) is 0 Å². The number of hydrogen-bond acceptors (Lipinski definition) is 2. The van der Waals surface area contributed by atoms with Crippen LogP contribution in [0.2, 0.25) is 0 Å². The molecule has 3 heteroatoms. The summed E-state index contributed by atoms with van der Waals surface area (Å²) in [6.45, 7) is 2.02. The van der Waals surface area contributed by atoms with Crippen LogP contribution in [-0.2, 0) is 4.74 Å². The largest absolute Gasteiger partial charge is 0.462 e. The van der Waals surface area contributed by atoms with E-state index < -0.39 is 5.97 Å². The van der Waals surface area contributed by atoms with E-state index in [0.717, 1.165) is 22.3 Å². The average Bonchev–Trinajstić information content (AvgIpc) is 2.81. The van der Waals surface area contributed by atoms with Crippen molar-refractivity contribution < 1.29 is 13.9 Å². The molecule has 4 aromatic rings. The zero-order valence-corrected chi connectivity index (χ0v) is 17.3. The van der Waals surface area contributed by atoms with E-state index in [4.69, 9.17) is 4.74 Å². The lowest BCUT2D eigenvalue weighted by molar-refractivity contribution is 0.0525. The number of benzene rings is 4. The summed E-state index contributed by atoms with van der Waals surface area (Å²) in [7, 11) is 0. The molecule has 4 aromatic carbocycles. The second-order valence-electron chi connectivity index (χ2n) is 7.28. The van der Waals surface area contributed by atoms with Crippen LogP contribution in [0.25, 0.3) is 11.1 Å². The molecule has 0 fully saturated rings. The lowest BCUT2D eigenvalue weighted by Gasteiger charge is -2.22. The highest BCUT2D eigenvalue weighted by Crippen LogP contribution is 2.35. The summed E-state index contributed by atoms with van der Waals surface area (Å²) in [6.07, 6.45) is 0. The van der Waals surface area contributed by atoms with Crippen molar-refractivity contribution in [2.45, 2.75) is 12.8 Å². The maximum atomic E-state index is 14.3. The molecule has 1 unspecified atom stereocenters. The summed E-state index contributed by atoms with van der Waals surface area (Å²) in [6, 6.07) is 32.4. The van der Waals surface area contributed by atoms with E-state index >= 15 is 0 Å². The van der Waals surface area contributed by atoms with E-state index in [0.29, 0.717) is 11.1 Å². The predicted molar refractivity (Wildman–Crippen MR) is 122 cm³/mol. The average molecular weight is 410 g/mol. The molecule has 0 heterocycles. The van der Waals surface area contributed by atoms with Gasteiger partial charge in [0.25, 0.3) is 0 Å². The summed E-state index contributed by atoms with van der Waals surface area (Å²) >= 11 is 0. The molecule has 0 spiro atoms. The van der Waals surface area contributed by atoms with Crippen LogP contribution >= 0.6 is 0 Å². The van der Waals surface area contributed by atoms with Gasteiger partial charge in [-0.25, -0.2) is 9.18 Å². The Morgan fingerprint density at radius 3 is 2.00 bits per heavy atom. The van der Waals surface area contributed by atoms with Gasteiger partial charge in [0.05, 0.1) is 12.2 Å². The third kappa shape index (κ3) is 4.56. The number of halogens is 1. The van der Waals surface area contributed by atoms with E-state index in [9.17, 15) is 9.18 Å². The summed E-state index contributed by atoms with van der Waals surface area (Å²) in [5, 5.41) is 0. The maximum Gasteiger partial charge on any atom is 0.338 e. The van der Waals surface area contributed by atoms with Crippen molar-refractivity contribution in [1.29, 1.82) is 0 Å². The fourth-order valence-corrected chi connectivity index (χ4v) is 3.86. The molecule has 0 amide bonds. The lowest BCUT2D eigenvalue weighted by atomic mass is 9.82. The standard InChI is InChI=1S/C28H23FO2/c1-2-31-28(30)25-18-17-24(29)19-26(25)27(22-11-7-4-8-12-22)23-15-13-21(14-16-23)20-9-5-3-6-10-20/h3-19,27H,2H2,1H3. The number of ether oxygens (including phenoxy) is 1. The van der Waals surface area contributed by atoms with Gasteiger partial charge in [-0.1, -0.05) is 84.9 Å². The van der Waals surface area contributed by atoms with E-state index in [1.54, 1.807) is 6.92 Å². The number of esters is 1. The van der Waals surface area contributed by atoms with Crippen LogP contribution in [-0.4, -0.2) is 12.6 Å². The Kier molecular flexibility index (Phi) is 6.23. The highest BCUT2D eigenvalue weighted by molar-refractivity contribution is 5.91. The van der Waals surface area contributed by atoms with Gasteiger partial charge in [0, 0.05) is 5.92 Å². The maximum absolute atomic E-state index is 14.3. The van der Waals surface area contributed by atoms with Crippen LogP contribution < -0.4 is 0 Å². The molecule has 0 bridgehead atoms. The molecule has 31 heavy (non-hydrogen) atoms. The van der Waals surface area contributed by atoms with Gasteiger partial charge in [-0.15, -0.1) is 0 Å². The van der Waals surface area contributed by atoms with Gasteiger partial charge in [0.15, 0.2) is 0 Å². The molecule has 0 saturated carbocycles. The van der Waals surface area contributed by atoms with Crippen molar-refractivity contribution in [3.05, 3.63) is 131 Å². The molecule has 154 valence electrons. The third-order valence-corrected chi connectivity index (χ3v) is 5.30. The first kappa shape index (κ1) is 20.5. The van der Waals surface area contributed by atoms with Crippen molar-refractivity contribution in [3.63, 3.8) is 0 Å². The summed E-state index contributed by atoms with van der Waals surface area (Å²) in [4.78, 5) is 12.6. The second kappa shape index (κ2) is 9.40. The van der Waals surface area contributed by atoms with Gasteiger partial charge in [-0.05, 0) is 52.9 Å². The van der Waals surface area contributed by atoms with Crippen LogP contribution in [0.15, 0.2) is 103 Å². The summed E-state index contributed by atoms with van der Waals surface area (Å²) in [5.41, 5.74) is 5.15. The van der Waals surface area contributed by atoms with Crippen LogP contribution in [0.3, 0.4) is 0 Å². The van der Waals surface area contributed by atoms with Crippen LogP contribution in [0.4, 0.5) is 4.39 Å². The Morgan fingerprint density at radius 1 is 0.774 bits per heavy atom. The minimum atomic E-state index is -0.445. The minimum absolute atomic E-state index is 0.261. The normalized spacial score (nSPS) is 11.7. The Bertz CT molecular complexity index is 1150. The van der Waals surface area contributed by atoms with Gasteiger partial charge in [-0.3, -0.25) is 0 Å². The first-order valence-electron chi connectivity index (χ1n) is 10.3. The lowest BCUT2D eigenvalue weighted by Crippen LogP contribution is -2.13. The molecule has 0 aliphatic heterocycles. The first-order valence-corrected chi connectivity index (χ1v) is 10.3. The molecule has 0 aliphatic carbocycles. The highest BCUT2D eigenvalue weighted by atomic mass is 19.1. The first-order chi connectivity index (χ1) is 15.2. The van der Waals surface area contributed by atoms with E-state index in [-0.39, 0.29) is 18.3 Å². The van der Waals surface area contributed by atoms with Gasteiger partial charge >= 0.3 is 5.97 Å². The SMILES string of the molecule is CCOC(=O)c1ccc(F)cc1C(c1ccccc1)c1ccc(-c2ccccc2)cc1. The predicted octanol–water partition coefficient (Wildman–Crippen LogP) is 6.85. The molecule has 0 N–H and O–H groups in total. The van der Waals surface area contributed by atoms with Crippen molar-refractivity contribution in [2.75, 3.05) is 6.61 Å². The Morgan fingerprint density at radius 2 is 1.35 bits per heavy atom. The number of hydrogen-bond donors (Lipinski definition) is 0. The summed E-state index contributed by atoms with van der Waals surface area (Å²) in [5.74, 6) is -1.13. The van der Waals surface area contributed by atoms with Gasteiger partial charge in [0.1, 0.15) is 5.82 Å². The molecule has 1 atom stereocenters. The van der Waals surface area contributed by atoms with Gasteiger partial charge in [0.2, 0.25) is 0 Å². The zero-order valence-electron chi connectivity index (χ0n) is 17.3. The monoisotopic (exact) mass is 410 g/mol. The van der Waals surface area contributed by atoms with E-state index in [1.165, 1.54) is 18.2 Å². The topological polar surface area (TPSA) is 26.3 Å². The molecule has 0 saturated heterocycles. The van der Waals surface area contributed by atoms with Crippen molar-refractivity contribution in [3.8, 4) is 11.1 Å². The minimum Gasteiger partial charge on any atom is -0.462 e. The third-order valence-electron chi connectivity index (χ3n) is 5.30. The Balaban J connectivity index is 1.84. The number of carbonyl (C=O) groups is 1. The Labute approximate surface area is 182 Å². The smallest absolute Gasteiger partial charge is 0.338 e. The molecule has 4 rings (SSSR count). The van der Waals surface area contributed by atoms with Crippen molar-refractivity contribution in [2.24, 2.45) is 0 Å². The number of carbonyl (C=O) groups excluding carboxylic acids is 1. The van der Waals surface area contributed by atoms with Crippen molar-refractivity contribution >= 4 is 5.97 Å². The van der Waals surface area contributed by atoms with E-state index in [2.05, 4.69) is 24.3 Å². The quantitative estimate of drug-likeness (QED) is 0.257. The molecule has 0 aliphatic rings. The van der Waals surface area contributed by atoms with Crippen LogP contribution in [0.5, 0.6) is 0 Å². The highest BCUT2D eigenvalue weighted by Gasteiger charge is 2.24. The molecular weight excluding hydrogens is 387 g/mol. The molecule has 2 nitrogen and oxygen atoms in total. The fraction of sp³-hybridized carbons (Fsp3) is 0.107. The van der Waals surface area contributed by atoms with Gasteiger partial charge < -0.3 is 4.74 Å². The Hall–Kier alpha value is -3.72. The van der Waals surface area contributed by atoms with Crippen LogP contribution in [0.1, 0.15) is 39.9 Å². The molecular formula is C28H23FO2.